The average Bonchev–Trinajstić information content (AvgIpc) is 3.28. The molecule has 0 radical (unpaired) electrons. The van der Waals surface area contributed by atoms with E-state index >= 15 is 0 Å². The van der Waals surface area contributed by atoms with Crippen molar-refractivity contribution in [1.82, 2.24) is 9.80 Å². The van der Waals surface area contributed by atoms with Gasteiger partial charge < -0.3 is 4.90 Å². The van der Waals surface area contributed by atoms with Gasteiger partial charge in [-0.1, -0.05) is 18.6 Å². The summed E-state index contributed by atoms with van der Waals surface area (Å²) in [7, 11) is 0. The summed E-state index contributed by atoms with van der Waals surface area (Å²) in [6, 6.07) is 0.969. The van der Waals surface area contributed by atoms with Gasteiger partial charge in [0.25, 0.3) is 0 Å². The molecule has 4 bridgehead atoms. The van der Waals surface area contributed by atoms with Crippen molar-refractivity contribution < 1.29 is 0 Å². The van der Waals surface area contributed by atoms with Crippen molar-refractivity contribution in [2.75, 3.05) is 32.7 Å². The molecule has 6 atom stereocenters. The molecule has 3 saturated carbocycles. The van der Waals surface area contributed by atoms with Crippen LogP contribution in [0.15, 0.2) is 12.2 Å². The summed E-state index contributed by atoms with van der Waals surface area (Å²) < 4.78 is 0. The third-order valence-corrected chi connectivity index (χ3v) is 7.49. The molecule has 0 unspecified atom stereocenters. The molecular formula is C19H30N2. The van der Waals surface area contributed by atoms with Gasteiger partial charge in [0.15, 0.2) is 0 Å². The predicted molar refractivity (Wildman–Crippen MR) is 86.1 cm³/mol. The van der Waals surface area contributed by atoms with Gasteiger partial charge in [0.05, 0.1) is 0 Å². The van der Waals surface area contributed by atoms with E-state index < -0.39 is 0 Å². The smallest absolute Gasteiger partial charge is 0.0127 e. The fraction of sp³-hybridized carbons (Fsp3) is 0.895. The van der Waals surface area contributed by atoms with Crippen LogP contribution in [0, 0.1) is 29.6 Å². The maximum atomic E-state index is 2.86. The summed E-state index contributed by atoms with van der Waals surface area (Å²) >= 11 is 0. The van der Waals surface area contributed by atoms with Gasteiger partial charge in [-0.05, 0) is 61.7 Å². The highest BCUT2D eigenvalue weighted by Crippen LogP contribution is 2.47. The summed E-state index contributed by atoms with van der Waals surface area (Å²) in [4.78, 5) is 5.64. The predicted octanol–water partition coefficient (Wildman–Crippen LogP) is 3.00. The Morgan fingerprint density at radius 1 is 0.857 bits per heavy atom. The van der Waals surface area contributed by atoms with Crippen LogP contribution in [0.3, 0.4) is 0 Å². The fourth-order valence-electron chi connectivity index (χ4n) is 6.37. The molecule has 0 amide bonds. The first kappa shape index (κ1) is 13.1. The van der Waals surface area contributed by atoms with Crippen molar-refractivity contribution in [1.29, 1.82) is 0 Å². The highest BCUT2D eigenvalue weighted by atomic mass is 15.3. The lowest BCUT2D eigenvalue weighted by Crippen LogP contribution is -2.52. The largest absolute Gasteiger partial charge is 0.300 e. The van der Waals surface area contributed by atoms with E-state index in [1.807, 2.05) is 0 Å². The molecule has 0 spiro atoms. The quantitative estimate of drug-likeness (QED) is 0.736. The van der Waals surface area contributed by atoms with E-state index in [4.69, 9.17) is 0 Å². The first-order valence-electron chi connectivity index (χ1n) is 9.50. The van der Waals surface area contributed by atoms with Crippen LogP contribution >= 0.6 is 0 Å². The lowest BCUT2D eigenvalue weighted by Gasteiger charge is -2.42. The molecule has 21 heavy (non-hydrogen) atoms. The molecule has 0 aromatic heterocycles. The molecule has 2 nitrogen and oxygen atoms in total. The van der Waals surface area contributed by atoms with Crippen LogP contribution < -0.4 is 0 Å². The number of piperazine rings is 1. The summed E-state index contributed by atoms with van der Waals surface area (Å²) in [6.07, 6.45) is 14.1. The Labute approximate surface area is 129 Å². The Morgan fingerprint density at radius 2 is 1.76 bits per heavy atom. The highest BCUT2D eigenvalue weighted by molar-refractivity contribution is 5.10. The zero-order valence-electron chi connectivity index (χ0n) is 13.3. The van der Waals surface area contributed by atoms with Crippen LogP contribution in [-0.4, -0.2) is 48.6 Å². The number of allylic oxidation sites excluding steroid dienone is 2. The number of nitrogens with zero attached hydrogens (tertiary/aromatic N) is 2. The van der Waals surface area contributed by atoms with E-state index in [2.05, 4.69) is 22.0 Å². The van der Waals surface area contributed by atoms with Gasteiger partial charge in [0.1, 0.15) is 0 Å². The van der Waals surface area contributed by atoms with Gasteiger partial charge in [-0.15, -0.1) is 0 Å². The van der Waals surface area contributed by atoms with E-state index in [1.165, 1.54) is 58.4 Å². The average molecular weight is 286 g/mol. The fourth-order valence-corrected chi connectivity index (χ4v) is 6.37. The Hall–Kier alpha value is -0.340. The Bertz CT molecular complexity index is 423. The molecule has 1 heterocycles. The third kappa shape index (κ3) is 2.30. The molecule has 0 aromatic rings. The van der Waals surface area contributed by atoms with Crippen LogP contribution in [-0.2, 0) is 0 Å². The first-order valence-corrected chi connectivity index (χ1v) is 9.50. The van der Waals surface area contributed by atoms with Gasteiger partial charge in [0, 0.05) is 38.8 Å². The van der Waals surface area contributed by atoms with Crippen molar-refractivity contribution in [3.05, 3.63) is 12.2 Å². The van der Waals surface area contributed by atoms with E-state index in [9.17, 15) is 0 Å². The Balaban J connectivity index is 1.13. The highest BCUT2D eigenvalue weighted by Gasteiger charge is 2.43. The van der Waals surface area contributed by atoms with Crippen molar-refractivity contribution >= 4 is 0 Å². The van der Waals surface area contributed by atoms with Crippen molar-refractivity contribution in [2.24, 2.45) is 29.6 Å². The van der Waals surface area contributed by atoms with E-state index in [0.29, 0.717) is 0 Å². The van der Waals surface area contributed by atoms with E-state index in [-0.39, 0.29) is 0 Å². The lowest BCUT2D eigenvalue weighted by molar-refractivity contribution is 0.0618. The van der Waals surface area contributed by atoms with E-state index in [1.54, 1.807) is 12.8 Å². The van der Waals surface area contributed by atoms with Crippen LogP contribution in [0.5, 0.6) is 0 Å². The van der Waals surface area contributed by atoms with Gasteiger partial charge in [-0.3, -0.25) is 4.90 Å². The molecular weight excluding hydrogens is 256 g/mol. The van der Waals surface area contributed by atoms with Crippen LogP contribution in [0.2, 0.25) is 0 Å². The Morgan fingerprint density at radius 3 is 2.38 bits per heavy atom. The minimum Gasteiger partial charge on any atom is -0.300 e. The lowest BCUT2D eigenvalue weighted by atomic mass is 9.92. The summed E-state index contributed by atoms with van der Waals surface area (Å²) in [5, 5.41) is 0. The van der Waals surface area contributed by atoms with Crippen LogP contribution in [0.4, 0.5) is 0 Å². The molecule has 1 aliphatic heterocycles. The second-order valence-electron chi connectivity index (χ2n) is 8.62. The first-order chi connectivity index (χ1) is 10.3. The summed E-state index contributed by atoms with van der Waals surface area (Å²) in [5.74, 6) is 5.01. The monoisotopic (exact) mass is 286 g/mol. The van der Waals surface area contributed by atoms with Gasteiger partial charge >= 0.3 is 0 Å². The van der Waals surface area contributed by atoms with Crippen LogP contribution in [0.1, 0.15) is 38.5 Å². The van der Waals surface area contributed by atoms with Gasteiger partial charge in [0.2, 0.25) is 0 Å². The molecule has 4 fully saturated rings. The third-order valence-electron chi connectivity index (χ3n) is 7.49. The van der Waals surface area contributed by atoms with Gasteiger partial charge in [-0.2, -0.15) is 0 Å². The summed E-state index contributed by atoms with van der Waals surface area (Å²) in [6.45, 7) is 6.77. The van der Waals surface area contributed by atoms with E-state index in [0.717, 1.165) is 35.6 Å². The van der Waals surface area contributed by atoms with Gasteiger partial charge in [-0.25, -0.2) is 0 Å². The molecule has 1 saturated heterocycles. The van der Waals surface area contributed by atoms with Crippen molar-refractivity contribution in [3.8, 4) is 0 Å². The van der Waals surface area contributed by atoms with Crippen molar-refractivity contribution in [3.63, 3.8) is 0 Å². The van der Waals surface area contributed by atoms with Crippen LogP contribution in [0.25, 0.3) is 0 Å². The maximum absolute atomic E-state index is 2.86. The second kappa shape index (κ2) is 5.09. The minimum absolute atomic E-state index is 0.929. The normalized spacial score (nSPS) is 49.5. The molecule has 116 valence electrons. The Kier molecular flexibility index (Phi) is 3.19. The maximum Gasteiger partial charge on any atom is 0.0127 e. The number of hydrogen-bond acceptors (Lipinski definition) is 2. The molecule has 2 heteroatoms. The molecule has 0 aromatic carbocycles. The van der Waals surface area contributed by atoms with Crippen molar-refractivity contribution in [2.45, 2.75) is 44.6 Å². The molecule has 5 aliphatic rings. The summed E-state index contributed by atoms with van der Waals surface area (Å²) in [5.41, 5.74) is 0. The topological polar surface area (TPSA) is 6.48 Å². The zero-order valence-corrected chi connectivity index (χ0v) is 13.3. The second-order valence-corrected chi connectivity index (χ2v) is 8.62. The molecule has 4 aliphatic carbocycles. The molecule has 0 N–H and O–H groups in total. The zero-order chi connectivity index (χ0) is 13.8. The standard InChI is InChI=1S/C19H30N2/c1-3-16-9-14(1)11-18(16)13-20-5-7-21(8-6-20)19-12-15-2-4-17(19)10-15/h1,3,14-19H,2,4-13H2/t14-,15-,16-,17-,18+,19+/m0/s1. The molecule has 5 rings (SSSR count). The number of rotatable bonds is 3. The minimum atomic E-state index is 0.929. The SMILES string of the molecule is C1=C[C@H]2C[C@H]1C[C@@H]2CN1CCN([C@@H]2C[C@H]3CC[C@H]2C3)CC1. The number of fused-ring (bicyclic) bond motifs is 4. The number of hydrogen-bond donors (Lipinski definition) is 0.